The van der Waals surface area contributed by atoms with Crippen LogP contribution < -0.4 is 5.32 Å². The summed E-state index contributed by atoms with van der Waals surface area (Å²) in [5, 5.41) is 2.85. The first-order valence-electron chi connectivity index (χ1n) is 8.12. The van der Waals surface area contributed by atoms with Crippen molar-refractivity contribution < 1.29 is 23.8 Å². The van der Waals surface area contributed by atoms with Gasteiger partial charge in [-0.3, -0.25) is 9.69 Å². The lowest BCUT2D eigenvalue weighted by Crippen LogP contribution is -2.71. The molecule has 22 heavy (non-hydrogen) atoms. The summed E-state index contributed by atoms with van der Waals surface area (Å²) in [6.07, 6.45) is 2.95. The molecule has 0 bridgehead atoms. The number of nitrogens with one attached hydrogen (secondary N) is 1. The summed E-state index contributed by atoms with van der Waals surface area (Å²) < 4.78 is 17.1. The van der Waals surface area contributed by atoms with Crippen LogP contribution in [0.5, 0.6) is 0 Å². The average molecular weight is 310 g/mol. The van der Waals surface area contributed by atoms with Gasteiger partial charge >= 0.3 is 6.03 Å². The highest BCUT2D eigenvalue weighted by atomic mass is 16.6. The van der Waals surface area contributed by atoms with E-state index in [9.17, 15) is 9.59 Å². The van der Waals surface area contributed by atoms with Gasteiger partial charge in [-0.2, -0.15) is 0 Å². The minimum absolute atomic E-state index is 0.0259. The number of urea groups is 1. The van der Waals surface area contributed by atoms with E-state index in [1.165, 1.54) is 4.90 Å². The second kappa shape index (κ2) is 4.91. The van der Waals surface area contributed by atoms with Gasteiger partial charge in [0.25, 0.3) is 5.91 Å². The summed E-state index contributed by atoms with van der Waals surface area (Å²) in [7, 11) is 0. The summed E-state index contributed by atoms with van der Waals surface area (Å²) in [5.41, 5.74) is -1.36. The van der Waals surface area contributed by atoms with E-state index in [1.54, 1.807) is 0 Å². The van der Waals surface area contributed by atoms with Crippen molar-refractivity contribution in [2.75, 3.05) is 26.4 Å². The Morgan fingerprint density at radius 2 is 2.23 bits per heavy atom. The molecule has 2 spiro atoms. The van der Waals surface area contributed by atoms with Crippen LogP contribution in [0.3, 0.4) is 0 Å². The maximum absolute atomic E-state index is 12.8. The Morgan fingerprint density at radius 1 is 1.36 bits per heavy atom. The maximum Gasteiger partial charge on any atom is 0.325 e. The van der Waals surface area contributed by atoms with Gasteiger partial charge in [0.1, 0.15) is 11.1 Å². The van der Waals surface area contributed by atoms with E-state index in [4.69, 9.17) is 14.2 Å². The third-order valence-corrected chi connectivity index (χ3v) is 5.52. The van der Waals surface area contributed by atoms with Crippen LogP contribution in [0.25, 0.3) is 0 Å². The largest absolute Gasteiger partial charge is 0.378 e. The van der Waals surface area contributed by atoms with Crippen LogP contribution in [0.1, 0.15) is 32.6 Å². The third kappa shape index (κ3) is 1.73. The van der Waals surface area contributed by atoms with Gasteiger partial charge in [-0.1, -0.05) is 0 Å². The standard InChI is InChI=1S/C15H22N2O5/c1-2-21-11-8-10(15(11)4-3-6-22-15)17-12(18)14(16-13(17)19)5-7-20-9-14/h10-11H,2-9H2,1H3,(H,16,19). The molecule has 3 saturated heterocycles. The van der Waals surface area contributed by atoms with Crippen LogP contribution in [0.4, 0.5) is 4.79 Å². The van der Waals surface area contributed by atoms with E-state index in [2.05, 4.69) is 5.32 Å². The van der Waals surface area contributed by atoms with Crippen molar-refractivity contribution in [3.63, 3.8) is 0 Å². The molecule has 3 amide bonds. The first kappa shape index (κ1) is 14.4. The molecule has 3 heterocycles. The SMILES string of the molecule is CCOC1CC(N2C(=O)NC3(CCOC3)C2=O)C12CCCO2. The number of imide groups is 1. The molecule has 4 unspecified atom stereocenters. The molecule has 4 atom stereocenters. The molecule has 7 heteroatoms. The highest BCUT2D eigenvalue weighted by Crippen LogP contribution is 2.49. The smallest absolute Gasteiger partial charge is 0.325 e. The number of rotatable bonds is 3. The Bertz CT molecular complexity index is 496. The van der Waals surface area contributed by atoms with Crippen molar-refractivity contribution in [3.8, 4) is 0 Å². The molecule has 4 aliphatic rings. The minimum atomic E-state index is -0.854. The average Bonchev–Trinajstić information content (AvgIpc) is 3.20. The van der Waals surface area contributed by atoms with Crippen molar-refractivity contribution in [2.45, 2.75) is 55.9 Å². The summed E-state index contributed by atoms with van der Waals surface area (Å²) in [4.78, 5) is 26.7. The van der Waals surface area contributed by atoms with Crippen LogP contribution in [-0.2, 0) is 19.0 Å². The number of hydrogen-bond acceptors (Lipinski definition) is 5. The lowest BCUT2D eigenvalue weighted by Gasteiger charge is -2.54. The van der Waals surface area contributed by atoms with Crippen LogP contribution in [0, 0.1) is 0 Å². The number of carbonyl (C=O) groups is 2. The zero-order chi connectivity index (χ0) is 15.4. The lowest BCUT2D eigenvalue weighted by molar-refractivity contribution is -0.215. The highest BCUT2D eigenvalue weighted by molar-refractivity contribution is 6.07. The normalized spacial score (nSPS) is 44.1. The van der Waals surface area contributed by atoms with Gasteiger partial charge in [0.2, 0.25) is 0 Å². The predicted molar refractivity (Wildman–Crippen MR) is 75.3 cm³/mol. The Labute approximate surface area is 129 Å². The van der Waals surface area contributed by atoms with E-state index >= 15 is 0 Å². The first-order valence-corrected chi connectivity index (χ1v) is 8.12. The van der Waals surface area contributed by atoms with Crippen molar-refractivity contribution in [1.29, 1.82) is 0 Å². The van der Waals surface area contributed by atoms with Crippen LogP contribution in [-0.4, -0.2) is 66.6 Å². The molecule has 4 rings (SSSR count). The van der Waals surface area contributed by atoms with Gasteiger partial charge < -0.3 is 19.5 Å². The van der Waals surface area contributed by atoms with Crippen molar-refractivity contribution in [2.24, 2.45) is 0 Å². The second-order valence-corrected chi connectivity index (χ2v) is 6.59. The molecule has 0 aromatic heterocycles. The van der Waals surface area contributed by atoms with E-state index in [0.717, 1.165) is 12.8 Å². The molecule has 0 aromatic rings. The molecule has 0 aromatic carbocycles. The van der Waals surface area contributed by atoms with Gasteiger partial charge in [-0.25, -0.2) is 4.79 Å². The fourth-order valence-electron chi connectivity index (χ4n) is 4.35. The summed E-state index contributed by atoms with van der Waals surface area (Å²) >= 11 is 0. The van der Waals surface area contributed by atoms with Crippen LogP contribution in [0.15, 0.2) is 0 Å². The Balaban J connectivity index is 1.59. The Kier molecular flexibility index (Phi) is 3.22. The molecule has 0 radical (unpaired) electrons. The zero-order valence-electron chi connectivity index (χ0n) is 12.8. The van der Waals surface area contributed by atoms with E-state index in [-0.39, 0.29) is 30.7 Å². The zero-order valence-corrected chi connectivity index (χ0v) is 12.8. The molecule has 122 valence electrons. The number of carbonyl (C=O) groups excluding carboxylic acids is 2. The summed E-state index contributed by atoms with van der Waals surface area (Å²) in [5.74, 6) is -0.162. The van der Waals surface area contributed by atoms with E-state index in [0.29, 0.717) is 32.7 Å². The minimum Gasteiger partial charge on any atom is -0.378 e. The quantitative estimate of drug-likeness (QED) is 0.765. The summed E-state index contributed by atoms with van der Waals surface area (Å²) in [6, 6.07) is -0.538. The van der Waals surface area contributed by atoms with Gasteiger partial charge in [-0.15, -0.1) is 0 Å². The van der Waals surface area contributed by atoms with Gasteiger partial charge in [0.05, 0.1) is 18.8 Å². The Hall–Kier alpha value is -1.18. The number of nitrogens with zero attached hydrogens (tertiary/aromatic N) is 1. The third-order valence-electron chi connectivity index (χ3n) is 5.52. The Morgan fingerprint density at radius 3 is 2.86 bits per heavy atom. The number of ether oxygens (including phenoxy) is 3. The molecule has 1 aliphatic carbocycles. The molecular formula is C15H22N2O5. The van der Waals surface area contributed by atoms with Gasteiger partial charge in [-0.05, 0) is 19.8 Å². The van der Waals surface area contributed by atoms with E-state index < -0.39 is 11.1 Å². The summed E-state index contributed by atoms with van der Waals surface area (Å²) in [6.45, 7) is 4.00. The number of hydrogen-bond donors (Lipinski definition) is 1. The lowest BCUT2D eigenvalue weighted by atomic mass is 9.69. The van der Waals surface area contributed by atoms with Crippen molar-refractivity contribution in [1.82, 2.24) is 10.2 Å². The predicted octanol–water partition coefficient (Wildman–Crippen LogP) is 0.424. The second-order valence-electron chi connectivity index (χ2n) is 6.59. The van der Waals surface area contributed by atoms with Crippen LogP contribution >= 0.6 is 0 Å². The van der Waals surface area contributed by atoms with Crippen molar-refractivity contribution >= 4 is 11.9 Å². The molecule has 7 nitrogen and oxygen atoms in total. The highest BCUT2D eigenvalue weighted by Gasteiger charge is 2.66. The molecule has 1 N–H and O–H groups in total. The number of amides is 3. The fraction of sp³-hybridized carbons (Fsp3) is 0.867. The molecule has 4 fully saturated rings. The molecule has 3 aliphatic heterocycles. The fourth-order valence-corrected chi connectivity index (χ4v) is 4.35. The van der Waals surface area contributed by atoms with Crippen LogP contribution in [0.2, 0.25) is 0 Å². The topological polar surface area (TPSA) is 77.1 Å². The monoisotopic (exact) mass is 310 g/mol. The maximum atomic E-state index is 12.8. The molecule has 1 saturated carbocycles. The first-order chi connectivity index (χ1) is 10.6. The van der Waals surface area contributed by atoms with Crippen molar-refractivity contribution in [3.05, 3.63) is 0 Å². The van der Waals surface area contributed by atoms with Gasteiger partial charge in [0, 0.05) is 32.7 Å². The molecular weight excluding hydrogens is 288 g/mol. The van der Waals surface area contributed by atoms with E-state index in [1.807, 2.05) is 6.92 Å². The van der Waals surface area contributed by atoms with Gasteiger partial charge in [0.15, 0.2) is 0 Å².